The number of carboxylic acid groups (broad SMARTS) is 1. The molecule has 0 amide bonds. The number of hydrogen-bond donors (Lipinski definition) is 3. The van der Waals surface area contributed by atoms with Crippen molar-refractivity contribution in [3.8, 4) is 0 Å². The third-order valence-electron chi connectivity index (χ3n) is 4.31. The van der Waals surface area contributed by atoms with Crippen LogP contribution in [0.3, 0.4) is 0 Å². The van der Waals surface area contributed by atoms with Crippen LogP contribution in [0.1, 0.15) is 47.0 Å². The zero-order valence-electron chi connectivity index (χ0n) is 14.2. The summed E-state index contributed by atoms with van der Waals surface area (Å²) in [5.74, 6) is -1.47. The lowest BCUT2D eigenvalue weighted by Gasteiger charge is -2.34. The highest BCUT2D eigenvalue weighted by molar-refractivity contribution is 6.02. The molecule has 0 heterocycles. The molecule has 0 saturated carbocycles. The zero-order valence-corrected chi connectivity index (χ0v) is 14.2. The van der Waals surface area contributed by atoms with Crippen LogP contribution in [0.5, 0.6) is 0 Å². The summed E-state index contributed by atoms with van der Waals surface area (Å²) in [5.41, 5.74) is 0.371. The Bertz CT molecular complexity index is 568. The third kappa shape index (κ3) is 4.62. The van der Waals surface area contributed by atoms with E-state index in [9.17, 15) is 24.9 Å². The van der Waals surface area contributed by atoms with Gasteiger partial charge in [0.25, 0.3) is 0 Å². The fraction of sp³-hybridized carbons (Fsp3) is 0.556. The van der Waals surface area contributed by atoms with Gasteiger partial charge in [0, 0.05) is 6.42 Å². The Morgan fingerprint density at radius 1 is 1.48 bits per heavy atom. The number of hydrogen-bond acceptors (Lipinski definition) is 4. The summed E-state index contributed by atoms with van der Waals surface area (Å²) in [6, 6.07) is 0. The van der Waals surface area contributed by atoms with E-state index in [0.29, 0.717) is 17.6 Å². The van der Waals surface area contributed by atoms with E-state index >= 15 is 0 Å². The molecule has 23 heavy (non-hydrogen) atoms. The number of allylic oxidation sites excluding steroid dienone is 4. The molecule has 0 aromatic heterocycles. The topological polar surface area (TPSA) is 94.8 Å². The van der Waals surface area contributed by atoms with Gasteiger partial charge in [-0.15, -0.1) is 0 Å². The molecular weight excluding hydrogens is 296 g/mol. The van der Waals surface area contributed by atoms with Gasteiger partial charge in [-0.1, -0.05) is 23.8 Å². The van der Waals surface area contributed by atoms with Crippen molar-refractivity contribution < 1.29 is 24.9 Å². The summed E-state index contributed by atoms with van der Waals surface area (Å²) >= 11 is 0. The van der Waals surface area contributed by atoms with E-state index in [-0.39, 0.29) is 12.5 Å². The first kappa shape index (κ1) is 19.3. The Hall–Kier alpha value is -1.72. The molecule has 0 bridgehead atoms. The second kappa shape index (κ2) is 7.70. The maximum absolute atomic E-state index is 12.0. The van der Waals surface area contributed by atoms with Crippen LogP contribution in [0.4, 0.5) is 0 Å². The van der Waals surface area contributed by atoms with E-state index in [2.05, 4.69) is 0 Å². The van der Waals surface area contributed by atoms with Crippen molar-refractivity contribution in [2.75, 3.05) is 0 Å². The van der Waals surface area contributed by atoms with E-state index in [4.69, 9.17) is 0 Å². The van der Waals surface area contributed by atoms with Crippen LogP contribution in [0.15, 0.2) is 34.9 Å². The van der Waals surface area contributed by atoms with E-state index < -0.39 is 23.3 Å². The van der Waals surface area contributed by atoms with Crippen LogP contribution < -0.4 is 0 Å². The summed E-state index contributed by atoms with van der Waals surface area (Å²) in [6.07, 6.45) is 5.01. The summed E-state index contributed by atoms with van der Waals surface area (Å²) in [5, 5.41) is 28.6. The van der Waals surface area contributed by atoms with Crippen molar-refractivity contribution >= 4 is 11.8 Å². The van der Waals surface area contributed by atoms with E-state index in [1.54, 1.807) is 26.0 Å². The molecule has 3 unspecified atom stereocenters. The van der Waals surface area contributed by atoms with Gasteiger partial charge in [0.05, 0.1) is 11.5 Å². The van der Waals surface area contributed by atoms with Gasteiger partial charge in [0.1, 0.15) is 6.10 Å². The van der Waals surface area contributed by atoms with Gasteiger partial charge in [0.2, 0.25) is 0 Å². The highest BCUT2D eigenvalue weighted by atomic mass is 16.4. The molecule has 1 rings (SSSR count). The Labute approximate surface area is 137 Å². The molecule has 0 radical (unpaired) electrons. The van der Waals surface area contributed by atoms with Crippen molar-refractivity contribution in [3.63, 3.8) is 0 Å². The first-order valence-electron chi connectivity index (χ1n) is 7.79. The molecule has 0 aromatic rings. The number of ketones is 1. The number of aliphatic carboxylic acids is 1. The Morgan fingerprint density at radius 3 is 2.61 bits per heavy atom. The minimum Gasteiger partial charge on any atom is -0.481 e. The number of aliphatic hydroxyl groups is 2. The highest BCUT2D eigenvalue weighted by Gasteiger charge is 2.45. The molecule has 0 aromatic carbocycles. The normalized spacial score (nSPS) is 27.7. The highest BCUT2D eigenvalue weighted by Crippen LogP contribution is 2.40. The summed E-state index contributed by atoms with van der Waals surface area (Å²) in [4.78, 5) is 23.6. The van der Waals surface area contributed by atoms with Gasteiger partial charge in [-0.3, -0.25) is 9.59 Å². The number of aliphatic hydroxyl groups excluding tert-OH is 2. The van der Waals surface area contributed by atoms with Crippen molar-refractivity contribution in [1.29, 1.82) is 0 Å². The Morgan fingerprint density at radius 2 is 2.09 bits per heavy atom. The maximum Gasteiger partial charge on any atom is 0.313 e. The first-order chi connectivity index (χ1) is 10.6. The van der Waals surface area contributed by atoms with Gasteiger partial charge in [0.15, 0.2) is 5.78 Å². The van der Waals surface area contributed by atoms with Gasteiger partial charge in [-0.2, -0.15) is 0 Å². The quantitative estimate of drug-likeness (QED) is 0.653. The number of rotatable bonds is 6. The van der Waals surface area contributed by atoms with Crippen molar-refractivity contribution in [2.24, 2.45) is 5.41 Å². The van der Waals surface area contributed by atoms with Gasteiger partial charge >= 0.3 is 5.97 Å². The number of carbonyl (C=O) groups is 2. The molecule has 0 fully saturated rings. The zero-order chi connectivity index (χ0) is 17.8. The standard InChI is InChI=1S/C18H26O5/c1-11(6-5-7-12(2)19)8-9-14-13(3)16(21)15(20)10-18(14,4)17(22)23/h6,8-9,12,15,19-20H,5,7,10H2,1-4H3,(H,22,23). The van der Waals surface area contributed by atoms with Gasteiger partial charge in [-0.05, 0) is 51.7 Å². The second-order valence-electron chi connectivity index (χ2n) is 6.47. The van der Waals surface area contributed by atoms with Crippen molar-refractivity contribution in [1.82, 2.24) is 0 Å². The predicted molar refractivity (Wildman–Crippen MR) is 87.9 cm³/mol. The fourth-order valence-corrected chi connectivity index (χ4v) is 2.73. The van der Waals surface area contributed by atoms with Crippen LogP contribution in [0.2, 0.25) is 0 Å². The van der Waals surface area contributed by atoms with Crippen LogP contribution >= 0.6 is 0 Å². The smallest absolute Gasteiger partial charge is 0.313 e. The minimum atomic E-state index is -1.28. The molecule has 0 saturated heterocycles. The van der Waals surface area contributed by atoms with Gasteiger partial charge in [-0.25, -0.2) is 0 Å². The molecule has 3 atom stereocenters. The monoisotopic (exact) mass is 322 g/mol. The van der Waals surface area contributed by atoms with Crippen LogP contribution in [0, 0.1) is 5.41 Å². The van der Waals surface area contributed by atoms with E-state index in [1.165, 1.54) is 6.92 Å². The molecule has 0 aliphatic heterocycles. The summed E-state index contributed by atoms with van der Waals surface area (Å²) in [6.45, 7) is 6.69. The minimum absolute atomic E-state index is 0.122. The second-order valence-corrected chi connectivity index (χ2v) is 6.47. The molecule has 5 heteroatoms. The Balaban J connectivity index is 3.08. The lowest BCUT2D eigenvalue weighted by atomic mass is 9.69. The molecular formula is C18H26O5. The van der Waals surface area contributed by atoms with E-state index in [1.807, 2.05) is 13.0 Å². The Kier molecular flexibility index (Phi) is 6.47. The lowest BCUT2D eigenvalue weighted by Crippen LogP contribution is -2.42. The molecule has 3 N–H and O–H groups in total. The third-order valence-corrected chi connectivity index (χ3v) is 4.31. The number of Topliss-reactive ketones (excluding diaryl/α,β-unsaturated/α-hetero) is 1. The average molecular weight is 322 g/mol. The summed E-state index contributed by atoms with van der Waals surface area (Å²) < 4.78 is 0. The number of carbonyl (C=O) groups excluding carboxylic acids is 1. The van der Waals surface area contributed by atoms with E-state index in [0.717, 1.165) is 12.0 Å². The average Bonchev–Trinajstić information content (AvgIpc) is 2.44. The molecule has 0 spiro atoms. The molecule has 5 nitrogen and oxygen atoms in total. The molecule has 128 valence electrons. The van der Waals surface area contributed by atoms with Crippen LogP contribution in [-0.2, 0) is 9.59 Å². The largest absolute Gasteiger partial charge is 0.481 e. The lowest BCUT2D eigenvalue weighted by molar-refractivity contribution is -0.148. The fourth-order valence-electron chi connectivity index (χ4n) is 2.73. The maximum atomic E-state index is 12.0. The van der Waals surface area contributed by atoms with Crippen LogP contribution in [-0.4, -0.2) is 39.3 Å². The SMILES string of the molecule is CC(C=CC1=C(C)C(=O)C(O)CC1(C)C(=O)O)=CCCC(C)O. The van der Waals surface area contributed by atoms with Crippen molar-refractivity contribution in [2.45, 2.75) is 59.2 Å². The number of carboxylic acids is 1. The summed E-state index contributed by atoms with van der Waals surface area (Å²) in [7, 11) is 0. The molecule has 1 aliphatic carbocycles. The first-order valence-corrected chi connectivity index (χ1v) is 7.79. The predicted octanol–water partition coefficient (Wildman–Crippen LogP) is 2.39. The van der Waals surface area contributed by atoms with Crippen LogP contribution in [0.25, 0.3) is 0 Å². The molecule has 1 aliphatic rings. The van der Waals surface area contributed by atoms with Gasteiger partial charge < -0.3 is 15.3 Å². The van der Waals surface area contributed by atoms with Crippen molar-refractivity contribution in [3.05, 3.63) is 34.9 Å².